The minimum absolute atomic E-state index is 0.569. The van der Waals surface area contributed by atoms with Gasteiger partial charge in [0.25, 0.3) is 0 Å². The van der Waals surface area contributed by atoms with Crippen LogP contribution < -0.4 is 0 Å². The van der Waals surface area contributed by atoms with E-state index in [1.807, 2.05) is 23.5 Å². The van der Waals surface area contributed by atoms with Gasteiger partial charge in [-0.2, -0.15) is 0 Å². The van der Waals surface area contributed by atoms with Crippen molar-refractivity contribution in [2.45, 2.75) is 0 Å². The highest BCUT2D eigenvalue weighted by atomic mass is 32.2. The lowest BCUT2D eigenvalue weighted by Crippen LogP contribution is -2.20. The van der Waals surface area contributed by atoms with Gasteiger partial charge in [-0.05, 0) is 0 Å². The van der Waals surface area contributed by atoms with Crippen LogP contribution in [0.25, 0.3) is 0 Å². The zero-order valence-corrected chi connectivity index (χ0v) is 10.8. The Labute approximate surface area is 99.2 Å². The standard InChI is InChI=1S/C9H16N4S2/c1-12-3-5-14-8(12)10-7-11-9-13(2)4-6-15-9/h3-7H2,1-2H3/b10-8-,11-9-. The zero-order valence-electron chi connectivity index (χ0n) is 9.14. The van der Waals surface area contributed by atoms with Gasteiger partial charge >= 0.3 is 0 Å². The van der Waals surface area contributed by atoms with Crippen LogP contribution in [0.1, 0.15) is 0 Å². The summed E-state index contributed by atoms with van der Waals surface area (Å²) in [6.07, 6.45) is 0. The van der Waals surface area contributed by atoms with E-state index in [1.165, 1.54) is 0 Å². The van der Waals surface area contributed by atoms with Gasteiger partial charge in [0.2, 0.25) is 0 Å². The largest absolute Gasteiger partial charge is 0.354 e. The molecule has 2 fully saturated rings. The number of hydrogen-bond acceptors (Lipinski definition) is 4. The molecule has 0 aromatic rings. The van der Waals surface area contributed by atoms with E-state index in [2.05, 4.69) is 33.9 Å². The molecule has 0 N–H and O–H groups in total. The third-order valence-electron chi connectivity index (χ3n) is 2.38. The molecule has 6 heteroatoms. The van der Waals surface area contributed by atoms with Crippen molar-refractivity contribution in [2.24, 2.45) is 9.98 Å². The van der Waals surface area contributed by atoms with Crippen molar-refractivity contribution in [2.75, 3.05) is 45.4 Å². The zero-order chi connectivity index (χ0) is 10.7. The second kappa shape index (κ2) is 5.12. The molecule has 84 valence electrons. The maximum atomic E-state index is 4.48. The molecule has 2 heterocycles. The smallest absolute Gasteiger partial charge is 0.160 e. The lowest BCUT2D eigenvalue weighted by molar-refractivity contribution is 0.556. The van der Waals surface area contributed by atoms with Gasteiger partial charge in [0.1, 0.15) is 6.67 Å². The third kappa shape index (κ3) is 2.81. The van der Waals surface area contributed by atoms with E-state index in [0.29, 0.717) is 6.67 Å². The summed E-state index contributed by atoms with van der Waals surface area (Å²) in [5, 5.41) is 2.26. The molecule has 0 radical (unpaired) electrons. The quantitative estimate of drug-likeness (QED) is 0.725. The van der Waals surface area contributed by atoms with E-state index in [0.717, 1.165) is 34.9 Å². The Morgan fingerprint density at radius 3 is 1.80 bits per heavy atom. The Morgan fingerprint density at radius 2 is 1.47 bits per heavy atom. The molecular weight excluding hydrogens is 228 g/mol. The van der Waals surface area contributed by atoms with Crippen molar-refractivity contribution in [3.05, 3.63) is 0 Å². The third-order valence-corrected chi connectivity index (χ3v) is 4.55. The second-order valence-corrected chi connectivity index (χ2v) is 5.69. The van der Waals surface area contributed by atoms with Crippen molar-refractivity contribution in [1.29, 1.82) is 0 Å². The summed E-state index contributed by atoms with van der Waals surface area (Å²) in [4.78, 5) is 13.3. The Bertz CT molecular complexity index is 262. The highest BCUT2D eigenvalue weighted by molar-refractivity contribution is 8.14. The van der Waals surface area contributed by atoms with Crippen LogP contribution in [0.4, 0.5) is 0 Å². The fourth-order valence-electron chi connectivity index (χ4n) is 1.45. The summed E-state index contributed by atoms with van der Waals surface area (Å²) in [5.41, 5.74) is 0. The molecule has 0 bridgehead atoms. The average molecular weight is 244 g/mol. The van der Waals surface area contributed by atoms with Crippen LogP contribution in [-0.2, 0) is 0 Å². The molecule has 2 rings (SSSR count). The van der Waals surface area contributed by atoms with Crippen molar-refractivity contribution < 1.29 is 0 Å². The first-order valence-corrected chi connectivity index (χ1v) is 7.01. The van der Waals surface area contributed by atoms with Gasteiger partial charge < -0.3 is 9.80 Å². The van der Waals surface area contributed by atoms with Crippen molar-refractivity contribution in [1.82, 2.24) is 9.80 Å². The summed E-state index contributed by atoms with van der Waals surface area (Å²) in [7, 11) is 4.17. The summed E-state index contributed by atoms with van der Waals surface area (Å²) < 4.78 is 0. The predicted octanol–water partition coefficient (Wildman–Crippen LogP) is 1.01. The fourth-order valence-corrected chi connectivity index (χ4v) is 3.47. The van der Waals surface area contributed by atoms with E-state index in [-0.39, 0.29) is 0 Å². The first-order valence-electron chi connectivity index (χ1n) is 5.04. The molecule has 0 unspecified atom stereocenters. The second-order valence-electron chi connectivity index (χ2n) is 3.56. The molecule has 0 saturated carbocycles. The first-order chi connectivity index (χ1) is 7.27. The molecule has 0 atom stereocenters. The Morgan fingerprint density at radius 1 is 1.00 bits per heavy atom. The highest BCUT2D eigenvalue weighted by Gasteiger charge is 2.15. The molecule has 2 saturated heterocycles. The van der Waals surface area contributed by atoms with E-state index in [4.69, 9.17) is 0 Å². The minimum Gasteiger partial charge on any atom is -0.354 e. The molecule has 0 aromatic carbocycles. The SMILES string of the molecule is CN1CCS/C1=N\C/N=C1\SCCN1C. The molecule has 15 heavy (non-hydrogen) atoms. The fraction of sp³-hybridized carbons (Fsp3) is 0.778. The summed E-state index contributed by atoms with van der Waals surface area (Å²) in [6, 6.07) is 0. The van der Waals surface area contributed by atoms with Gasteiger partial charge in [0.05, 0.1) is 0 Å². The summed E-state index contributed by atoms with van der Waals surface area (Å²) >= 11 is 3.64. The number of hydrogen-bond donors (Lipinski definition) is 0. The molecule has 4 nitrogen and oxygen atoms in total. The lowest BCUT2D eigenvalue weighted by Gasteiger charge is -2.10. The van der Waals surface area contributed by atoms with Gasteiger partial charge in [-0.25, -0.2) is 9.98 Å². The first kappa shape index (κ1) is 11.1. The van der Waals surface area contributed by atoms with Crippen LogP contribution in [0.3, 0.4) is 0 Å². The Balaban J connectivity index is 1.87. The van der Waals surface area contributed by atoms with Crippen LogP contribution in [0.2, 0.25) is 0 Å². The number of thioether (sulfide) groups is 2. The van der Waals surface area contributed by atoms with Crippen LogP contribution in [0.5, 0.6) is 0 Å². The lowest BCUT2D eigenvalue weighted by atomic mass is 10.7. The van der Waals surface area contributed by atoms with Crippen LogP contribution >= 0.6 is 23.5 Å². The van der Waals surface area contributed by atoms with E-state index in [9.17, 15) is 0 Å². The topological polar surface area (TPSA) is 31.2 Å². The average Bonchev–Trinajstić information content (AvgIpc) is 2.78. The Hall–Kier alpha value is -0.360. The van der Waals surface area contributed by atoms with Crippen LogP contribution in [0, 0.1) is 0 Å². The molecule has 0 aromatic heterocycles. The van der Waals surface area contributed by atoms with Crippen molar-refractivity contribution in [3.8, 4) is 0 Å². The van der Waals surface area contributed by atoms with E-state index in [1.54, 1.807) is 0 Å². The highest BCUT2D eigenvalue weighted by Crippen LogP contribution is 2.17. The van der Waals surface area contributed by atoms with Gasteiger partial charge in [-0.15, -0.1) is 0 Å². The van der Waals surface area contributed by atoms with Crippen LogP contribution in [0.15, 0.2) is 9.98 Å². The Kier molecular flexibility index (Phi) is 3.80. The van der Waals surface area contributed by atoms with Gasteiger partial charge in [-0.3, -0.25) is 0 Å². The van der Waals surface area contributed by atoms with Crippen molar-refractivity contribution in [3.63, 3.8) is 0 Å². The normalized spacial score (nSPS) is 27.3. The molecule has 0 spiro atoms. The predicted molar refractivity (Wildman–Crippen MR) is 69.9 cm³/mol. The molecule has 2 aliphatic rings. The van der Waals surface area contributed by atoms with E-state index >= 15 is 0 Å². The van der Waals surface area contributed by atoms with Gasteiger partial charge in [-0.1, -0.05) is 23.5 Å². The maximum absolute atomic E-state index is 4.48. The van der Waals surface area contributed by atoms with Crippen molar-refractivity contribution >= 4 is 33.9 Å². The molecule has 0 aliphatic carbocycles. The van der Waals surface area contributed by atoms with E-state index < -0.39 is 0 Å². The van der Waals surface area contributed by atoms with Crippen LogP contribution in [-0.4, -0.2) is 65.5 Å². The molecule has 0 amide bonds. The number of aliphatic imine (C=N–C) groups is 2. The maximum Gasteiger partial charge on any atom is 0.160 e. The van der Waals surface area contributed by atoms with Gasteiger partial charge in [0, 0.05) is 38.7 Å². The number of nitrogens with zero attached hydrogens (tertiary/aromatic N) is 4. The molecular formula is C9H16N4S2. The number of rotatable bonds is 2. The van der Waals surface area contributed by atoms with Gasteiger partial charge in [0.15, 0.2) is 10.3 Å². The summed E-state index contributed by atoms with van der Waals surface area (Å²) in [5.74, 6) is 2.31. The minimum atomic E-state index is 0.569. The monoisotopic (exact) mass is 244 g/mol. The molecule has 2 aliphatic heterocycles. The summed E-state index contributed by atoms with van der Waals surface area (Å²) in [6.45, 7) is 2.78. The number of amidine groups is 2.